The fourth-order valence-corrected chi connectivity index (χ4v) is 4.14. The number of anilines is 1. The van der Waals surface area contributed by atoms with Crippen molar-refractivity contribution in [3.8, 4) is 0 Å². The van der Waals surface area contributed by atoms with Gasteiger partial charge in [0.15, 0.2) is 5.96 Å². The van der Waals surface area contributed by atoms with Crippen LogP contribution in [0.2, 0.25) is 10.0 Å². The minimum atomic E-state index is -1.25. The minimum absolute atomic E-state index is 0.0504. The number of amides is 3. The third kappa shape index (κ3) is 8.42. The number of carbonyl (C=O) groups is 4. The van der Waals surface area contributed by atoms with Crippen LogP contribution in [-0.4, -0.2) is 55.9 Å². The number of benzene rings is 2. The van der Waals surface area contributed by atoms with Crippen molar-refractivity contribution >= 4 is 74.5 Å². The zero-order valence-corrected chi connectivity index (χ0v) is 21.3. The average molecular weight is 588 g/mol. The molecule has 3 amide bonds. The number of carbonyl (C=O) groups excluding carboxylic acids is 4. The first-order valence-corrected chi connectivity index (χ1v) is 11.4. The average Bonchev–Trinajstić information content (AvgIpc) is 2.78. The topological polar surface area (TPSA) is 176 Å². The summed E-state index contributed by atoms with van der Waals surface area (Å²) in [6, 6.07) is 7.83. The maximum Gasteiger partial charge on any atom is 0.330 e. The summed E-state index contributed by atoms with van der Waals surface area (Å²) in [5, 5.41) is 17.2. The van der Waals surface area contributed by atoms with Gasteiger partial charge in [0, 0.05) is 22.3 Å². The number of esters is 1. The van der Waals surface area contributed by atoms with E-state index in [1.165, 1.54) is 24.3 Å². The van der Waals surface area contributed by atoms with E-state index < -0.39 is 36.3 Å². The van der Waals surface area contributed by atoms with E-state index in [0.29, 0.717) is 10.2 Å². The van der Waals surface area contributed by atoms with Crippen molar-refractivity contribution in [1.82, 2.24) is 16.0 Å². The van der Waals surface area contributed by atoms with Gasteiger partial charge in [-0.25, -0.2) is 4.79 Å². The normalized spacial score (nSPS) is 11.1. The third-order valence-electron chi connectivity index (χ3n) is 4.34. The molecule has 1 atom stereocenters. The predicted molar refractivity (Wildman–Crippen MR) is 135 cm³/mol. The number of rotatable bonds is 9. The van der Waals surface area contributed by atoms with Gasteiger partial charge in [-0.2, -0.15) is 0 Å². The lowest BCUT2D eigenvalue weighted by atomic mass is 10.2. The largest absolute Gasteiger partial charge is 0.467 e. The SMILES string of the molecule is COC(=O)C(CNC(=O)CNC(=O)c1cccc(NC(=N)N)c1)NC(=O)c1c(Cl)cc(Br)cc1Cl. The molecule has 0 radical (unpaired) electrons. The summed E-state index contributed by atoms with van der Waals surface area (Å²) in [6.45, 7) is -0.730. The first-order valence-electron chi connectivity index (χ1n) is 9.81. The summed E-state index contributed by atoms with van der Waals surface area (Å²) in [4.78, 5) is 49.3. The Morgan fingerprint density at radius 1 is 1.09 bits per heavy atom. The van der Waals surface area contributed by atoms with Gasteiger partial charge in [-0.1, -0.05) is 45.2 Å². The number of halogens is 3. The lowest BCUT2D eigenvalue weighted by Crippen LogP contribution is -2.50. The van der Waals surface area contributed by atoms with E-state index in [-0.39, 0.29) is 33.7 Å². The Kier molecular flexibility index (Phi) is 10.3. The van der Waals surface area contributed by atoms with Crippen molar-refractivity contribution in [2.45, 2.75) is 6.04 Å². The number of ether oxygens (including phenoxy) is 1. The van der Waals surface area contributed by atoms with Crippen LogP contribution in [0.3, 0.4) is 0 Å². The second-order valence-corrected chi connectivity index (χ2v) is 8.63. The molecule has 0 aliphatic rings. The molecule has 0 aliphatic heterocycles. The van der Waals surface area contributed by atoms with Crippen LogP contribution < -0.4 is 27.0 Å². The molecule has 11 nitrogen and oxygen atoms in total. The molecule has 7 N–H and O–H groups in total. The van der Waals surface area contributed by atoms with Crippen LogP contribution in [0, 0.1) is 5.41 Å². The number of nitrogens with one attached hydrogen (secondary N) is 5. The molecule has 0 aliphatic carbocycles. The van der Waals surface area contributed by atoms with Crippen LogP contribution in [0.1, 0.15) is 20.7 Å². The van der Waals surface area contributed by atoms with Crippen molar-refractivity contribution in [2.24, 2.45) is 5.73 Å². The van der Waals surface area contributed by atoms with Gasteiger partial charge in [-0.15, -0.1) is 0 Å². The number of guanidine groups is 1. The highest BCUT2D eigenvalue weighted by atomic mass is 79.9. The minimum Gasteiger partial charge on any atom is -0.467 e. The van der Waals surface area contributed by atoms with Crippen molar-refractivity contribution in [3.05, 3.63) is 62.0 Å². The highest BCUT2D eigenvalue weighted by Gasteiger charge is 2.25. The summed E-state index contributed by atoms with van der Waals surface area (Å²) >= 11 is 15.4. The van der Waals surface area contributed by atoms with E-state index in [2.05, 4.69) is 41.9 Å². The Balaban J connectivity index is 1.96. The van der Waals surface area contributed by atoms with E-state index in [1.54, 1.807) is 12.1 Å². The van der Waals surface area contributed by atoms with Gasteiger partial charge >= 0.3 is 5.97 Å². The Bertz CT molecular complexity index is 1140. The first-order chi connectivity index (χ1) is 16.5. The number of hydrogen-bond donors (Lipinski definition) is 6. The van der Waals surface area contributed by atoms with Crippen LogP contribution >= 0.6 is 39.1 Å². The highest BCUT2D eigenvalue weighted by Crippen LogP contribution is 2.29. The summed E-state index contributed by atoms with van der Waals surface area (Å²) in [5.74, 6) is -3.03. The Morgan fingerprint density at radius 2 is 1.74 bits per heavy atom. The number of nitrogens with two attached hydrogens (primary N) is 1. The maximum atomic E-state index is 12.6. The monoisotopic (exact) mass is 586 g/mol. The first kappa shape index (κ1) is 27.9. The van der Waals surface area contributed by atoms with Crippen LogP contribution in [0.15, 0.2) is 40.9 Å². The van der Waals surface area contributed by atoms with Crippen LogP contribution in [0.4, 0.5) is 5.69 Å². The number of hydrogen-bond acceptors (Lipinski definition) is 6. The lowest BCUT2D eigenvalue weighted by molar-refractivity contribution is -0.142. The van der Waals surface area contributed by atoms with Gasteiger partial charge in [-0.05, 0) is 30.3 Å². The van der Waals surface area contributed by atoms with Crippen LogP contribution in [-0.2, 0) is 14.3 Å². The van der Waals surface area contributed by atoms with E-state index in [1.807, 2.05) is 0 Å². The smallest absolute Gasteiger partial charge is 0.330 e. The zero-order valence-electron chi connectivity index (χ0n) is 18.2. The summed E-state index contributed by atoms with van der Waals surface area (Å²) in [6.07, 6.45) is 0. The molecule has 0 saturated carbocycles. The van der Waals surface area contributed by atoms with Gasteiger partial charge in [0.1, 0.15) is 6.04 Å². The molecule has 0 saturated heterocycles. The molecule has 2 aromatic rings. The predicted octanol–water partition coefficient (Wildman–Crippen LogP) is 1.88. The molecule has 0 heterocycles. The maximum absolute atomic E-state index is 12.6. The molecular formula is C21H21BrCl2N6O5. The van der Waals surface area contributed by atoms with E-state index in [9.17, 15) is 19.2 Å². The van der Waals surface area contributed by atoms with Crippen molar-refractivity contribution in [2.75, 3.05) is 25.5 Å². The van der Waals surface area contributed by atoms with Gasteiger partial charge in [0.05, 0.1) is 29.3 Å². The van der Waals surface area contributed by atoms with Crippen molar-refractivity contribution in [1.29, 1.82) is 5.41 Å². The summed E-state index contributed by atoms with van der Waals surface area (Å²) < 4.78 is 5.24. The lowest BCUT2D eigenvalue weighted by Gasteiger charge is -2.18. The number of methoxy groups -OCH3 is 1. The van der Waals surface area contributed by atoms with Crippen LogP contribution in [0.5, 0.6) is 0 Å². The Hall–Kier alpha value is -3.35. The van der Waals surface area contributed by atoms with Gasteiger partial charge in [0.25, 0.3) is 11.8 Å². The molecule has 0 aromatic heterocycles. The quantitative estimate of drug-likeness (QED) is 0.147. The zero-order chi connectivity index (χ0) is 26.1. The summed E-state index contributed by atoms with van der Waals surface area (Å²) in [5.41, 5.74) is 5.87. The molecule has 35 heavy (non-hydrogen) atoms. The highest BCUT2D eigenvalue weighted by molar-refractivity contribution is 9.10. The van der Waals surface area contributed by atoms with Gasteiger partial charge in [-0.3, -0.25) is 19.8 Å². The second-order valence-electron chi connectivity index (χ2n) is 6.90. The van der Waals surface area contributed by atoms with Crippen molar-refractivity contribution in [3.63, 3.8) is 0 Å². The molecule has 0 spiro atoms. The second kappa shape index (κ2) is 12.9. The van der Waals surface area contributed by atoms with Crippen molar-refractivity contribution < 1.29 is 23.9 Å². The van der Waals surface area contributed by atoms with E-state index in [4.69, 9.17) is 34.3 Å². The van der Waals surface area contributed by atoms with E-state index >= 15 is 0 Å². The van der Waals surface area contributed by atoms with Crippen LogP contribution in [0.25, 0.3) is 0 Å². The Morgan fingerprint density at radius 3 is 2.34 bits per heavy atom. The molecular weight excluding hydrogens is 567 g/mol. The standard InChI is InChI=1S/C21H21BrCl2N6O5/c1-35-20(34)15(30-19(33)17-13(23)6-11(22)7-14(17)24)8-27-16(31)9-28-18(32)10-3-2-4-12(5-10)29-21(25)26/h2-7,15H,8-9H2,1H3,(H,27,31)(H,28,32)(H,30,33)(H4,25,26,29). The van der Waals surface area contributed by atoms with Gasteiger partial charge < -0.3 is 31.7 Å². The Labute approximate surface area is 218 Å². The molecule has 14 heteroatoms. The molecule has 2 aromatic carbocycles. The molecule has 1 unspecified atom stereocenters. The van der Waals surface area contributed by atoms with E-state index in [0.717, 1.165) is 7.11 Å². The third-order valence-corrected chi connectivity index (χ3v) is 5.40. The fourth-order valence-electron chi connectivity index (χ4n) is 2.76. The molecule has 0 fully saturated rings. The molecule has 186 valence electrons. The van der Waals surface area contributed by atoms with Gasteiger partial charge in [0.2, 0.25) is 5.91 Å². The molecule has 2 rings (SSSR count). The molecule has 0 bridgehead atoms. The summed E-state index contributed by atoms with van der Waals surface area (Å²) in [7, 11) is 1.12. The fraction of sp³-hybridized carbons (Fsp3) is 0.190.